The van der Waals surface area contributed by atoms with Gasteiger partial charge < -0.3 is 5.32 Å². The molecule has 0 atom stereocenters. The standard InChI is InChI=1S/C11H11BrClN3/c1-14-7-9-4-5-16(15-9)11-6-8(13)2-3-10(11)12/h2-6,14H,7H2,1H3. The van der Waals surface area contributed by atoms with Crippen LogP contribution in [-0.4, -0.2) is 16.8 Å². The van der Waals surface area contributed by atoms with Gasteiger partial charge in [-0.1, -0.05) is 11.6 Å². The van der Waals surface area contributed by atoms with Gasteiger partial charge in [0.2, 0.25) is 0 Å². The summed E-state index contributed by atoms with van der Waals surface area (Å²) in [4.78, 5) is 0. The van der Waals surface area contributed by atoms with Crippen molar-refractivity contribution in [2.75, 3.05) is 7.05 Å². The summed E-state index contributed by atoms with van der Waals surface area (Å²) < 4.78 is 2.78. The molecule has 2 rings (SSSR count). The molecule has 1 aromatic carbocycles. The average molecular weight is 301 g/mol. The molecule has 1 heterocycles. The Morgan fingerprint density at radius 2 is 2.25 bits per heavy atom. The molecule has 84 valence electrons. The van der Waals surface area contributed by atoms with Crippen molar-refractivity contribution in [1.82, 2.24) is 15.1 Å². The number of nitrogens with zero attached hydrogens (tertiary/aromatic N) is 2. The van der Waals surface area contributed by atoms with Gasteiger partial charge in [-0.15, -0.1) is 0 Å². The van der Waals surface area contributed by atoms with Gasteiger partial charge in [-0.25, -0.2) is 4.68 Å². The number of hydrogen-bond donors (Lipinski definition) is 1. The van der Waals surface area contributed by atoms with Gasteiger partial charge in [0.15, 0.2) is 0 Å². The van der Waals surface area contributed by atoms with Crippen LogP contribution >= 0.6 is 27.5 Å². The third-order valence-electron chi connectivity index (χ3n) is 2.16. The first-order chi connectivity index (χ1) is 7.70. The zero-order valence-electron chi connectivity index (χ0n) is 8.74. The Bertz CT molecular complexity index is 496. The average Bonchev–Trinajstić information content (AvgIpc) is 2.71. The van der Waals surface area contributed by atoms with Gasteiger partial charge in [0.1, 0.15) is 0 Å². The summed E-state index contributed by atoms with van der Waals surface area (Å²) in [6.07, 6.45) is 1.92. The molecule has 0 aliphatic rings. The molecule has 0 bridgehead atoms. The van der Waals surface area contributed by atoms with Crippen LogP contribution in [0.3, 0.4) is 0 Å². The van der Waals surface area contributed by atoms with E-state index in [0.717, 1.165) is 22.4 Å². The second-order valence-corrected chi connectivity index (χ2v) is 4.67. The minimum atomic E-state index is 0.698. The van der Waals surface area contributed by atoms with Crippen LogP contribution in [0.1, 0.15) is 5.69 Å². The number of hydrogen-bond acceptors (Lipinski definition) is 2. The second kappa shape index (κ2) is 4.99. The number of rotatable bonds is 3. The first-order valence-corrected chi connectivity index (χ1v) is 6.02. The lowest BCUT2D eigenvalue weighted by molar-refractivity contribution is 0.756. The molecule has 0 radical (unpaired) electrons. The van der Waals surface area contributed by atoms with Crippen molar-refractivity contribution in [2.24, 2.45) is 0 Å². The molecular formula is C11H11BrClN3. The normalized spacial score (nSPS) is 10.7. The molecule has 0 fully saturated rings. The first kappa shape index (κ1) is 11.6. The van der Waals surface area contributed by atoms with Crippen molar-refractivity contribution < 1.29 is 0 Å². The summed E-state index contributed by atoms with van der Waals surface area (Å²) in [5, 5.41) is 8.20. The van der Waals surface area contributed by atoms with E-state index in [1.807, 2.05) is 42.2 Å². The highest BCUT2D eigenvalue weighted by Crippen LogP contribution is 2.24. The van der Waals surface area contributed by atoms with E-state index in [2.05, 4.69) is 26.3 Å². The summed E-state index contributed by atoms with van der Waals surface area (Å²) >= 11 is 9.44. The minimum absolute atomic E-state index is 0.698. The SMILES string of the molecule is CNCc1ccn(-c2cc(Cl)ccc2Br)n1. The van der Waals surface area contributed by atoms with Gasteiger partial charge in [0, 0.05) is 22.2 Å². The highest BCUT2D eigenvalue weighted by atomic mass is 79.9. The summed E-state index contributed by atoms with van der Waals surface area (Å²) in [5.41, 5.74) is 1.93. The van der Waals surface area contributed by atoms with Crippen molar-refractivity contribution in [3.8, 4) is 5.69 Å². The Kier molecular flexibility index (Phi) is 3.63. The number of nitrogens with one attached hydrogen (secondary N) is 1. The van der Waals surface area contributed by atoms with E-state index in [0.29, 0.717) is 5.02 Å². The molecule has 1 aromatic heterocycles. The van der Waals surface area contributed by atoms with Crippen LogP contribution in [0.25, 0.3) is 5.69 Å². The van der Waals surface area contributed by atoms with Gasteiger partial charge in [0.05, 0.1) is 11.4 Å². The zero-order chi connectivity index (χ0) is 11.5. The zero-order valence-corrected chi connectivity index (χ0v) is 11.1. The first-order valence-electron chi connectivity index (χ1n) is 4.85. The predicted molar refractivity (Wildman–Crippen MR) is 69.0 cm³/mol. The Balaban J connectivity index is 2.38. The van der Waals surface area contributed by atoms with Crippen molar-refractivity contribution in [3.05, 3.63) is 45.7 Å². The van der Waals surface area contributed by atoms with Gasteiger partial charge in [-0.05, 0) is 47.2 Å². The van der Waals surface area contributed by atoms with Crippen LogP contribution in [-0.2, 0) is 6.54 Å². The highest BCUT2D eigenvalue weighted by Gasteiger charge is 2.05. The Morgan fingerprint density at radius 3 is 3.00 bits per heavy atom. The van der Waals surface area contributed by atoms with Crippen LogP contribution in [0.5, 0.6) is 0 Å². The monoisotopic (exact) mass is 299 g/mol. The quantitative estimate of drug-likeness (QED) is 0.944. The van der Waals surface area contributed by atoms with Gasteiger partial charge >= 0.3 is 0 Å². The molecule has 16 heavy (non-hydrogen) atoms. The van der Waals surface area contributed by atoms with Gasteiger partial charge in [-0.3, -0.25) is 0 Å². The molecule has 1 N–H and O–H groups in total. The number of halogens is 2. The molecule has 0 saturated carbocycles. The maximum atomic E-state index is 5.96. The van der Waals surface area contributed by atoms with E-state index in [1.54, 1.807) is 0 Å². The Hall–Kier alpha value is -0.840. The van der Waals surface area contributed by atoms with Crippen LogP contribution in [0.4, 0.5) is 0 Å². The molecule has 0 unspecified atom stereocenters. The van der Waals surface area contributed by atoms with Crippen molar-refractivity contribution in [2.45, 2.75) is 6.54 Å². The van der Waals surface area contributed by atoms with Crippen molar-refractivity contribution in [1.29, 1.82) is 0 Å². The lowest BCUT2D eigenvalue weighted by Gasteiger charge is -2.04. The molecule has 3 nitrogen and oxygen atoms in total. The van der Waals surface area contributed by atoms with Crippen LogP contribution in [0, 0.1) is 0 Å². The fraction of sp³-hybridized carbons (Fsp3) is 0.182. The van der Waals surface area contributed by atoms with Gasteiger partial charge in [0.25, 0.3) is 0 Å². The molecule has 0 aliphatic carbocycles. The van der Waals surface area contributed by atoms with E-state index in [-0.39, 0.29) is 0 Å². The maximum absolute atomic E-state index is 5.96. The van der Waals surface area contributed by atoms with Gasteiger partial charge in [-0.2, -0.15) is 5.10 Å². The third-order valence-corrected chi connectivity index (χ3v) is 3.06. The van der Waals surface area contributed by atoms with E-state index in [1.165, 1.54) is 0 Å². The summed E-state index contributed by atoms with van der Waals surface area (Å²) in [6, 6.07) is 7.61. The second-order valence-electron chi connectivity index (χ2n) is 3.38. The minimum Gasteiger partial charge on any atom is -0.314 e. The largest absolute Gasteiger partial charge is 0.314 e. The fourth-order valence-electron chi connectivity index (χ4n) is 1.43. The van der Waals surface area contributed by atoms with Crippen molar-refractivity contribution >= 4 is 27.5 Å². The fourth-order valence-corrected chi connectivity index (χ4v) is 2.03. The third kappa shape index (κ3) is 2.45. The number of aromatic nitrogens is 2. The summed E-state index contributed by atoms with van der Waals surface area (Å²) in [7, 11) is 1.90. The summed E-state index contributed by atoms with van der Waals surface area (Å²) in [5.74, 6) is 0. The predicted octanol–water partition coefficient (Wildman–Crippen LogP) is 3.01. The lowest BCUT2D eigenvalue weighted by Crippen LogP contribution is -2.06. The molecule has 0 spiro atoms. The number of benzene rings is 1. The van der Waals surface area contributed by atoms with E-state index < -0.39 is 0 Å². The van der Waals surface area contributed by atoms with Crippen LogP contribution in [0.2, 0.25) is 5.02 Å². The lowest BCUT2D eigenvalue weighted by atomic mass is 10.3. The molecule has 0 aliphatic heterocycles. The molecule has 5 heteroatoms. The molecule has 0 saturated heterocycles. The maximum Gasteiger partial charge on any atom is 0.0802 e. The molecule has 0 amide bonds. The van der Waals surface area contributed by atoms with Crippen LogP contribution in [0.15, 0.2) is 34.9 Å². The Labute approximate surface area is 108 Å². The van der Waals surface area contributed by atoms with E-state index in [9.17, 15) is 0 Å². The van der Waals surface area contributed by atoms with Crippen molar-refractivity contribution in [3.63, 3.8) is 0 Å². The van der Waals surface area contributed by atoms with E-state index in [4.69, 9.17) is 11.6 Å². The topological polar surface area (TPSA) is 29.9 Å². The van der Waals surface area contributed by atoms with Crippen LogP contribution < -0.4 is 5.32 Å². The molecule has 2 aromatic rings. The highest BCUT2D eigenvalue weighted by molar-refractivity contribution is 9.10. The van der Waals surface area contributed by atoms with E-state index >= 15 is 0 Å². The molecular weight excluding hydrogens is 289 g/mol. The summed E-state index contributed by atoms with van der Waals surface area (Å²) in [6.45, 7) is 0.755. The Morgan fingerprint density at radius 1 is 1.44 bits per heavy atom. The smallest absolute Gasteiger partial charge is 0.0802 e.